The first kappa shape index (κ1) is 18.2. The standard InChI is InChI=1S/C20H19N5O2S/c21-14-16-7-3-4-10-18(16)28(26,27)24-17-9-6-8-15(13-17)20-23-22-19-11-2-1-5-12-25(19)20/h3-4,6-10,13,24H,1-2,5,11-12H2. The van der Waals surface area contributed by atoms with Crippen LogP contribution in [0.2, 0.25) is 0 Å². The molecule has 1 aromatic heterocycles. The van der Waals surface area contributed by atoms with E-state index in [1.807, 2.05) is 12.1 Å². The Bertz CT molecular complexity index is 1160. The van der Waals surface area contributed by atoms with Crippen molar-refractivity contribution in [2.45, 2.75) is 37.1 Å². The molecular weight excluding hydrogens is 374 g/mol. The van der Waals surface area contributed by atoms with Crippen LogP contribution < -0.4 is 4.72 Å². The summed E-state index contributed by atoms with van der Waals surface area (Å²) in [6.07, 6.45) is 4.26. The lowest BCUT2D eigenvalue weighted by atomic mass is 10.2. The molecule has 0 atom stereocenters. The van der Waals surface area contributed by atoms with Crippen molar-refractivity contribution >= 4 is 15.7 Å². The van der Waals surface area contributed by atoms with Gasteiger partial charge in [-0.05, 0) is 37.1 Å². The molecule has 3 aromatic rings. The molecular formula is C20H19N5O2S. The number of nitrogens with zero attached hydrogens (tertiary/aromatic N) is 4. The predicted molar refractivity (Wildman–Crippen MR) is 105 cm³/mol. The highest BCUT2D eigenvalue weighted by molar-refractivity contribution is 7.92. The van der Waals surface area contributed by atoms with Crippen LogP contribution in [0.4, 0.5) is 5.69 Å². The third-order valence-electron chi connectivity index (χ3n) is 4.78. The molecule has 0 amide bonds. The molecule has 0 aliphatic carbocycles. The van der Waals surface area contributed by atoms with E-state index in [4.69, 9.17) is 0 Å². The fraction of sp³-hybridized carbons (Fsp3) is 0.250. The molecule has 0 bridgehead atoms. The minimum absolute atomic E-state index is 0.0424. The monoisotopic (exact) mass is 393 g/mol. The Hall–Kier alpha value is -3.18. The Morgan fingerprint density at radius 3 is 2.75 bits per heavy atom. The van der Waals surface area contributed by atoms with Gasteiger partial charge in [0, 0.05) is 24.2 Å². The maximum absolute atomic E-state index is 12.8. The summed E-state index contributed by atoms with van der Waals surface area (Å²) in [5.41, 5.74) is 1.32. The van der Waals surface area contributed by atoms with E-state index in [2.05, 4.69) is 19.5 Å². The third-order valence-corrected chi connectivity index (χ3v) is 6.22. The van der Waals surface area contributed by atoms with Gasteiger partial charge < -0.3 is 4.57 Å². The number of anilines is 1. The lowest BCUT2D eigenvalue weighted by Gasteiger charge is -2.11. The first-order valence-corrected chi connectivity index (χ1v) is 10.6. The predicted octanol–water partition coefficient (Wildman–Crippen LogP) is 3.34. The van der Waals surface area contributed by atoms with E-state index in [1.54, 1.807) is 30.3 Å². The number of aromatic nitrogens is 3. The Morgan fingerprint density at radius 1 is 1.04 bits per heavy atom. The number of hydrogen-bond donors (Lipinski definition) is 1. The van der Waals surface area contributed by atoms with E-state index in [0.29, 0.717) is 5.69 Å². The van der Waals surface area contributed by atoms with Crippen molar-refractivity contribution in [2.24, 2.45) is 0 Å². The maximum Gasteiger partial charge on any atom is 0.263 e. The average molecular weight is 393 g/mol. The van der Waals surface area contributed by atoms with E-state index in [9.17, 15) is 13.7 Å². The van der Waals surface area contributed by atoms with E-state index in [1.165, 1.54) is 18.6 Å². The van der Waals surface area contributed by atoms with Gasteiger partial charge in [0.05, 0.1) is 5.56 Å². The van der Waals surface area contributed by atoms with Crippen LogP contribution in [0.3, 0.4) is 0 Å². The van der Waals surface area contributed by atoms with Crippen LogP contribution in [-0.2, 0) is 23.0 Å². The Morgan fingerprint density at radius 2 is 1.89 bits per heavy atom. The van der Waals surface area contributed by atoms with Gasteiger partial charge in [-0.1, -0.05) is 30.7 Å². The molecule has 1 aliphatic heterocycles. The first-order valence-electron chi connectivity index (χ1n) is 9.13. The Labute approximate surface area is 163 Å². The zero-order valence-corrected chi connectivity index (χ0v) is 16.0. The zero-order chi connectivity index (χ0) is 19.6. The van der Waals surface area contributed by atoms with Crippen LogP contribution in [-0.4, -0.2) is 23.2 Å². The molecule has 0 saturated carbocycles. The molecule has 1 aliphatic rings. The summed E-state index contributed by atoms with van der Waals surface area (Å²) in [5.74, 6) is 1.72. The van der Waals surface area contributed by atoms with Gasteiger partial charge >= 0.3 is 0 Å². The second-order valence-electron chi connectivity index (χ2n) is 6.70. The molecule has 0 spiro atoms. The molecule has 0 unspecified atom stereocenters. The maximum atomic E-state index is 12.8. The highest BCUT2D eigenvalue weighted by Gasteiger charge is 2.20. The number of nitrogens with one attached hydrogen (secondary N) is 1. The normalized spacial score (nSPS) is 14.0. The fourth-order valence-electron chi connectivity index (χ4n) is 3.42. The van der Waals surface area contributed by atoms with Gasteiger partial charge in [0.2, 0.25) is 0 Å². The van der Waals surface area contributed by atoms with Crippen molar-refractivity contribution in [1.82, 2.24) is 14.8 Å². The number of rotatable bonds is 4. The Balaban J connectivity index is 1.67. The summed E-state index contributed by atoms with van der Waals surface area (Å²) in [7, 11) is -3.88. The summed E-state index contributed by atoms with van der Waals surface area (Å²) in [5, 5.41) is 17.8. The summed E-state index contributed by atoms with van der Waals surface area (Å²) >= 11 is 0. The number of aryl methyl sites for hydroxylation is 1. The summed E-state index contributed by atoms with van der Waals surface area (Å²) in [6.45, 7) is 0.864. The number of nitriles is 1. The molecule has 2 heterocycles. The molecule has 28 heavy (non-hydrogen) atoms. The number of sulfonamides is 1. The van der Waals surface area contributed by atoms with E-state index < -0.39 is 10.0 Å². The lowest BCUT2D eigenvalue weighted by molar-refractivity contribution is 0.601. The number of fused-ring (bicyclic) bond motifs is 1. The van der Waals surface area contributed by atoms with Crippen LogP contribution in [0.25, 0.3) is 11.4 Å². The van der Waals surface area contributed by atoms with Gasteiger partial charge in [-0.2, -0.15) is 5.26 Å². The second kappa shape index (κ2) is 7.44. The van der Waals surface area contributed by atoms with Gasteiger partial charge in [0.25, 0.3) is 10.0 Å². The SMILES string of the molecule is N#Cc1ccccc1S(=O)(=O)Nc1cccc(-c2nnc3n2CCCCC3)c1. The first-order chi connectivity index (χ1) is 13.6. The summed E-state index contributed by atoms with van der Waals surface area (Å²) in [4.78, 5) is -0.0424. The van der Waals surface area contributed by atoms with E-state index in [0.717, 1.165) is 43.0 Å². The molecule has 7 nitrogen and oxygen atoms in total. The largest absolute Gasteiger partial charge is 0.311 e. The number of hydrogen-bond acceptors (Lipinski definition) is 5. The average Bonchev–Trinajstić information content (AvgIpc) is 2.96. The van der Waals surface area contributed by atoms with Crippen LogP contribution in [0.15, 0.2) is 53.4 Å². The van der Waals surface area contributed by atoms with Crippen molar-refractivity contribution in [3.8, 4) is 17.5 Å². The van der Waals surface area contributed by atoms with Crippen LogP contribution in [0.5, 0.6) is 0 Å². The van der Waals surface area contributed by atoms with Crippen molar-refractivity contribution < 1.29 is 8.42 Å². The van der Waals surface area contributed by atoms with Crippen molar-refractivity contribution in [3.63, 3.8) is 0 Å². The highest BCUT2D eigenvalue weighted by atomic mass is 32.2. The zero-order valence-electron chi connectivity index (χ0n) is 15.2. The minimum Gasteiger partial charge on any atom is -0.311 e. The van der Waals surface area contributed by atoms with Gasteiger partial charge in [-0.25, -0.2) is 8.42 Å². The van der Waals surface area contributed by atoms with Crippen LogP contribution >= 0.6 is 0 Å². The molecule has 2 aromatic carbocycles. The molecule has 8 heteroatoms. The van der Waals surface area contributed by atoms with Gasteiger partial charge in [0.15, 0.2) is 5.82 Å². The Kier molecular flexibility index (Phi) is 4.84. The topological polar surface area (TPSA) is 101 Å². The smallest absolute Gasteiger partial charge is 0.263 e. The molecule has 4 rings (SSSR count). The van der Waals surface area contributed by atoms with Crippen molar-refractivity contribution in [1.29, 1.82) is 5.26 Å². The minimum atomic E-state index is -3.88. The van der Waals surface area contributed by atoms with Gasteiger partial charge in [-0.15, -0.1) is 10.2 Å². The molecule has 142 valence electrons. The fourth-order valence-corrected chi connectivity index (χ4v) is 4.63. The van der Waals surface area contributed by atoms with Crippen LogP contribution in [0.1, 0.15) is 30.7 Å². The van der Waals surface area contributed by atoms with Gasteiger partial charge in [0.1, 0.15) is 16.8 Å². The lowest BCUT2D eigenvalue weighted by Crippen LogP contribution is -2.14. The second-order valence-corrected chi connectivity index (χ2v) is 8.35. The molecule has 0 fully saturated rings. The highest BCUT2D eigenvalue weighted by Crippen LogP contribution is 2.26. The third kappa shape index (κ3) is 3.49. The van der Waals surface area contributed by atoms with E-state index >= 15 is 0 Å². The van der Waals surface area contributed by atoms with Gasteiger partial charge in [-0.3, -0.25) is 4.72 Å². The van der Waals surface area contributed by atoms with E-state index in [-0.39, 0.29) is 10.5 Å². The molecule has 0 radical (unpaired) electrons. The quantitative estimate of drug-likeness (QED) is 0.733. The molecule has 1 N–H and O–H groups in total. The summed E-state index contributed by atoms with van der Waals surface area (Å²) < 4.78 is 30.2. The van der Waals surface area contributed by atoms with Crippen molar-refractivity contribution in [3.05, 3.63) is 59.9 Å². The molecule has 0 saturated heterocycles. The summed E-state index contributed by atoms with van der Waals surface area (Å²) in [6, 6.07) is 15.1. The number of benzene rings is 2. The van der Waals surface area contributed by atoms with Crippen LogP contribution in [0, 0.1) is 11.3 Å². The van der Waals surface area contributed by atoms with Crippen molar-refractivity contribution in [2.75, 3.05) is 4.72 Å².